The van der Waals surface area contributed by atoms with Crippen LogP contribution in [0.2, 0.25) is 0 Å². The van der Waals surface area contributed by atoms with Gasteiger partial charge in [0.15, 0.2) is 17.2 Å². The Morgan fingerprint density at radius 1 is 1.09 bits per heavy atom. The van der Waals surface area contributed by atoms with Crippen molar-refractivity contribution in [1.29, 1.82) is 0 Å². The second-order valence-corrected chi connectivity index (χ2v) is 17.2. The zero-order valence-electron chi connectivity index (χ0n) is 32.6. The van der Waals surface area contributed by atoms with E-state index in [1.807, 2.05) is 64.1 Å². The minimum Gasteiger partial charge on any atom is -0.464 e. The van der Waals surface area contributed by atoms with E-state index in [-0.39, 0.29) is 30.4 Å². The van der Waals surface area contributed by atoms with E-state index in [0.717, 1.165) is 29.2 Å². The fraction of sp³-hybridized carbons (Fsp3) is 0.538. The Morgan fingerprint density at radius 3 is 2.50 bits per heavy atom. The SMILES string of the molecule is CCC(CC)COC(=O)[C@H](C)NP(=O)(OC[C@H]1O[C@@](/C=N\C)(c2ccc3c(N)ncnn23)[C@@H]2OC(C)(C)O[C@@H]21)Oc1ccc(C(C)(C)C)c2ccccc12. The van der Waals surface area contributed by atoms with Crippen molar-refractivity contribution >= 4 is 42.0 Å². The van der Waals surface area contributed by atoms with Crippen LogP contribution in [0.5, 0.6) is 5.75 Å². The smallest absolute Gasteiger partial charge is 0.459 e. The highest BCUT2D eigenvalue weighted by Crippen LogP contribution is 2.52. The summed E-state index contributed by atoms with van der Waals surface area (Å²) in [4.78, 5) is 21.8. The third-order valence-corrected chi connectivity index (χ3v) is 11.7. The van der Waals surface area contributed by atoms with E-state index in [2.05, 4.69) is 40.9 Å². The van der Waals surface area contributed by atoms with Gasteiger partial charge in [0, 0.05) is 18.6 Å². The van der Waals surface area contributed by atoms with Crippen LogP contribution in [0.3, 0.4) is 0 Å². The zero-order chi connectivity index (χ0) is 39.1. The van der Waals surface area contributed by atoms with Gasteiger partial charge in [-0.3, -0.25) is 14.3 Å². The monoisotopic (exact) mass is 764 g/mol. The fourth-order valence-electron chi connectivity index (χ4n) is 7.26. The average molecular weight is 765 g/mol. The molecule has 0 saturated carbocycles. The van der Waals surface area contributed by atoms with Crippen molar-refractivity contribution in [1.82, 2.24) is 19.7 Å². The Kier molecular flexibility index (Phi) is 11.3. The molecule has 0 spiro atoms. The Bertz CT molecular complexity index is 2060. The highest BCUT2D eigenvalue weighted by Gasteiger charge is 2.64. The molecule has 2 aromatic carbocycles. The number of anilines is 1. The molecule has 0 bridgehead atoms. The van der Waals surface area contributed by atoms with Gasteiger partial charge in [0.1, 0.15) is 41.9 Å². The molecule has 4 aromatic rings. The van der Waals surface area contributed by atoms with Gasteiger partial charge in [-0.05, 0) is 61.3 Å². The van der Waals surface area contributed by atoms with Crippen LogP contribution in [-0.4, -0.2) is 77.2 Å². The van der Waals surface area contributed by atoms with Gasteiger partial charge in [-0.25, -0.2) is 14.1 Å². The van der Waals surface area contributed by atoms with Crippen LogP contribution in [0.25, 0.3) is 16.3 Å². The maximum absolute atomic E-state index is 15.0. The molecule has 0 radical (unpaired) electrons. The van der Waals surface area contributed by atoms with E-state index in [9.17, 15) is 4.79 Å². The lowest BCUT2D eigenvalue weighted by Crippen LogP contribution is -2.43. The van der Waals surface area contributed by atoms with Crippen LogP contribution >= 0.6 is 7.75 Å². The standard InChI is InChI=1S/C39H53N6O8P/c1-10-25(11-2)20-48-36(46)24(3)44-54(47,53-30-18-16-28(37(4,5)6)26-14-12-13-15-27(26)30)49-21-31-33-34(52-38(7,8)51-33)39(50-31,22-41-9)32-19-17-29-35(40)42-23-43-45(29)32/h12-19,22-25,31,33-34H,10-11,20-21H2,1-9H3,(H,44,47)(H2,40,42,43)/b41-22-/t24-,31+,33+,34+,39-,54?/m0/s1. The Balaban J connectivity index is 1.35. The molecule has 6 atom stereocenters. The molecule has 54 heavy (non-hydrogen) atoms. The van der Waals surface area contributed by atoms with Crippen LogP contribution in [0, 0.1) is 5.92 Å². The first kappa shape index (κ1) is 39.8. The lowest BCUT2D eigenvalue weighted by Gasteiger charge is -2.32. The Hall–Kier alpha value is -3.91. The number of carbonyl (C=O) groups excluding carboxylic acids is 1. The molecular weight excluding hydrogens is 711 g/mol. The Morgan fingerprint density at radius 2 is 1.81 bits per heavy atom. The maximum atomic E-state index is 15.0. The van der Waals surface area contributed by atoms with Crippen molar-refractivity contribution in [3.63, 3.8) is 0 Å². The van der Waals surface area contributed by atoms with Gasteiger partial charge < -0.3 is 29.2 Å². The van der Waals surface area contributed by atoms with Crippen LogP contribution in [0.1, 0.15) is 79.5 Å². The largest absolute Gasteiger partial charge is 0.464 e. The Labute approximate surface area is 316 Å². The molecule has 292 valence electrons. The quantitative estimate of drug-likeness (QED) is 0.0789. The lowest BCUT2D eigenvalue weighted by atomic mass is 9.83. The number of nitrogens with one attached hydrogen (secondary N) is 1. The summed E-state index contributed by atoms with van der Waals surface area (Å²) < 4.78 is 54.6. The van der Waals surface area contributed by atoms with Crippen molar-refractivity contribution < 1.29 is 37.4 Å². The minimum atomic E-state index is -4.36. The molecule has 2 aromatic heterocycles. The molecule has 2 aliphatic heterocycles. The van der Waals surface area contributed by atoms with Crippen molar-refractivity contribution in [2.75, 3.05) is 26.0 Å². The summed E-state index contributed by atoms with van der Waals surface area (Å²) >= 11 is 0. The summed E-state index contributed by atoms with van der Waals surface area (Å²) in [6.45, 7) is 15.7. The summed E-state index contributed by atoms with van der Waals surface area (Å²) in [6.07, 6.45) is 2.46. The zero-order valence-corrected chi connectivity index (χ0v) is 33.5. The second-order valence-electron chi connectivity index (χ2n) is 15.5. The molecule has 6 rings (SSSR count). The average Bonchev–Trinajstić information content (AvgIpc) is 3.78. The van der Waals surface area contributed by atoms with Crippen LogP contribution in [-0.2, 0) is 43.8 Å². The summed E-state index contributed by atoms with van der Waals surface area (Å²) in [6, 6.07) is 14.1. The van der Waals surface area contributed by atoms with E-state index in [0.29, 0.717) is 17.0 Å². The number of nitrogens with zero attached hydrogens (tertiary/aromatic N) is 4. The summed E-state index contributed by atoms with van der Waals surface area (Å²) in [5, 5.41) is 9.00. The van der Waals surface area contributed by atoms with E-state index in [4.69, 9.17) is 33.7 Å². The van der Waals surface area contributed by atoms with Crippen molar-refractivity contribution in [3.05, 3.63) is 66.1 Å². The highest BCUT2D eigenvalue weighted by molar-refractivity contribution is 7.52. The van der Waals surface area contributed by atoms with Gasteiger partial charge in [-0.2, -0.15) is 10.2 Å². The van der Waals surface area contributed by atoms with Crippen molar-refractivity contribution in [2.45, 2.75) is 109 Å². The van der Waals surface area contributed by atoms with Crippen LogP contribution < -0.4 is 15.3 Å². The lowest BCUT2D eigenvalue weighted by molar-refractivity contribution is -0.200. The summed E-state index contributed by atoms with van der Waals surface area (Å²) in [5.74, 6) is -0.759. The number of nitrogens with two attached hydrogens (primary N) is 1. The number of benzene rings is 2. The predicted octanol–water partition coefficient (Wildman–Crippen LogP) is 6.74. The van der Waals surface area contributed by atoms with E-state index in [1.54, 1.807) is 36.8 Å². The van der Waals surface area contributed by atoms with Gasteiger partial charge >= 0.3 is 13.7 Å². The van der Waals surface area contributed by atoms with Crippen LogP contribution in [0.4, 0.5) is 5.82 Å². The third-order valence-electron chi connectivity index (χ3n) is 10.1. The molecule has 15 heteroatoms. The topological polar surface area (TPSA) is 170 Å². The number of carbonyl (C=O) groups is 1. The summed E-state index contributed by atoms with van der Waals surface area (Å²) in [5.41, 5.74) is 6.94. The number of esters is 1. The van der Waals surface area contributed by atoms with E-state index in [1.165, 1.54) is 6.33 Å². The van der Waals surface area contributed by atoms with Gasteiger partial charge in [0.05, 0.1) is 18.9 Å². The van der Waals surface area contributed by atoms with Gasteiger partial charge in [0.2, 0.25) is 0 Å². The van der Waals surface area contributed by atoms with Gasteiger partial charge in [0.25, 0.3) is 0 Å². The van der Waals surface area contributed by atoms with E-state index < -0.39 is 49.5 Å². The molecular formula is C39H53N6O8P. The molecule has 2 fully saturated rings. The molecule has 14 nitrogen and oxygen atoms in total. The van der Waals surface area contributed by atoms with E-state index >= 15 is 4.57 Å². The number of aromatic nitrogens is 3. The molecule has 2 aliphatic rings. The van der Waals surface area contributed by atoms with Crippen molar-refractivity contribution in [2.24, 2.45) is 10.9 Å². The molecule has 4 heterocycles. The molecule has 0 amide bonds. The second kappa shape index (κ2) is 15.3. The number of hydrogen-bond acceptors (Lipinski definition) is 12. The number of aliphatic imine (C=N–C) groups is 1. The first-order valence-corrected chi connectivity index (χ1v) is 20.0. The molecule has 3 N–H and O–H groups in total. The number of rotatable bonds is 14. The number of fused-ring (bicyclic) bond motifs is 3. The van der Waals surface area contributed by atoms with Gasteiger partial charge in [-0.1, -0.05) is 77.8 Å². The molecule has 1 unspecified atom stereocenters. The third kappa shape index (κ3) is 7.78. The number of nitrogen functional groups attached to an aromatic ring is 1. The van der Waals surface area contributed by atoms with Gasteiger partial charge in [-0.15, -0.1) is 0 Å². The number of ether oxygens (including phenoxy) is 4. The first-order chi connectivity index (χ1) is 25.5. The summed E-state index contributed by atoms with van der Waals surface area (Å²) in [7, 11) is -2.73. The predicted molar refractivity (Wildman–Crippen MR) is 207 cm³/mol. The molecule has 0 aliphatic carbocycles. The highest BCUT2D eigenvalue weighted by atomic mass is 31.2. The van der Waals surface area contributed by atoms with Crippen molar-refractivity contribution in [3.8, 4) is 5.75 Å². The minimum absolute atomic E-state index is 0.172. The fourth-order valence-corrected chi connectivity index (χ4v) is 8.78. The normalized spacial score (nSPS) is 24.3. The molecule has 2 saturated heterocycles. The maximum Gasteiger partial charge on any atom is 0.459 e. The number of hydrogen-bond donors (Lipinski definition) is 2. The first-order valence-electron chi connectivity index (χ1n) is 18.5. The van der Waals surface area contributed by atoms with Crippen LogP contribution in [0.15, 0.2) is 59.9 Å².